The molecule has 0 aromatic heterocycles. The highest BCUT2D eigenvalue weighted by molar-refractivity contribution is 14.1. The summed E-state index contributed by atoms with van der Waals surface area (Å²) in [5.74, 6) is -0.192. The number of carbonyl (C=O) groups is 2. The van der Waals surface area contributed by atoms with Crippen molar-refractivity contribution in [3.63, 3.8) is 0 Å². The van der Waals surface area contributed by atoms with Crippen LogP contribution in [0.5, 0.6) is 5.75 Å². The highest BCUT2D eigenvalue weighted by Crippen LogP contribution is 2.60. The van der Waals surface area contributed by atoms with Gasteiger partial charge in [0.2, 0.25) is 5.91 Å². The Morgan fingerprint density at radius 2 is 1.81 bits per heavy atom. The molecule has 43 heavy (non-hydrogen) atoms. The van der Waals surface area contributed by atoms with Crippen LogP contribution in [0.15, 0.2) is 72.8 Å². The van der Waals surface area contributed by atoms with E-state index in [1.165, 1.54) is 0 Å². The van der Waals surface area contributed by atoms with E-state index in [2.05, 4.69) is 28.7 Å². The third kappa shape index (κ3) is 6.12. The molecule has 4 atom stereocenters. The summed E-state index contributed by atoms with van der Waals surface area (Å²) < 4.78 is 13.5. The molecule has 0 saturated carbocycles. The summed E-state index contributed by atoms with van der Waals surface area (Å²) in [5.41, 5.74) is 1.61. The SMILES string of the molecule is COc1ccc2c(c1)[C@@]1(O[C@H](CC(=O)N(CCO)Cc3ccccc3)[C@@H]([Si](C)(C)O)[C@@H]1C)C(=O)N2Cc1cccc(I)c1. The Morgan fingerprint density at radius 3 is 2.47 bits per heavy atom. The van der Waals surface area contributed by atoms with Gasteiger partial charge in [-0.15, -0.1) is 0 Å². The van der Waals surface area contributed by atoms with Gasteiger partial charge in [0.05, 0.1) is 38.5 Å². The normalized spacial score (nSPS) is 23.1. The van der Waals surface area contributed by atoms with Gasteiger partial charge in [-0.25, -0.2) is 0 Å². The number of ether oxygens (including phenoxy) is 2. The number of fused-ring (bicyclic) bond motifs is 2. The van der Waals surface area contributed by atoms with E-state index >= 15 is 0 Å². The zero-order valence-electron chi connectivity index (χ0n) is 25.0. The maximum Gasteiger partial charge on any atom is 0.264 e. The minimum absolute atomic E-state index is 0.00988. The van der Waals surface area contributed by atoms with Crippen molar-refractivity contribution >= 4 is 48.4 Å². The largest absolute Gasteiger partial charge is 0.497 e. The van der Waals surface area contributed by atoms with Crippen molar-refractivity contribution in [3.8, 4) is 5.75 Å². The second-order valence-corrected chi connectivity index (χ2v) is 17.2. The molecule has 1 spiro atoms. The number of methoxy groups -OCH3 is 1. The highest BCUT2D eigenvalue weighted by atomic mass is 127. The van der Waals surface area contributed by atoms with Crippen LogP contribution in [0.2, 0.25) is 18.6 Å². The molecule has 2 N–H and O–H groups in total. The van der Waals surface area contributed by atoms with Crippen molar-refractivity contribution in [1.29, 1.82) is 0 Å². The quantitative estimate of drug-likeness (QED) is 0.225. The van der Waals surface area contributed by atoms with Gasteiger partial charge in [-0.05, 0) is 77.1 Å². The van der Waals surface area contributed by atoms with Crippen molar-refractivity contribution in [2.45, 2.75) is 56.8 Å². The smallest absolute Gasteiger partial charge is 0.264 e. The molecule has 1 saturated heterocycles. The summed E-state index contributed by atoms with van der Waals surface area (Å²) >= 11 is 2.26. The summed E-state index contributed by atoms with van der Waals surface area (Å²) in [7, 11) is -1.37. The summed E-state index contributed by atoms with van der Waals surface area (Å²) in [6.45, 7) is 6.37. The van der Waals surface area contributed by atoms with Crippen LogP contribution in [0.3, 0.4) is 0 Å². The Kier molecular flexibility index (Phi) is 9.33. The highest BCUT2D eigenvalue weighted by Gasteiger charge is 2.66. The number of aliphatic hydroxyl groups excluding tert-OH is 1. The first-order valence-corrected chi connectivity index (χ1v) is 18.7. The molecule has 2 aliphatic heterocycles. The van der Waals surface area contributed by atoms with E-state index in [0.29, 0.717) is 24.4 Å². The van der Waals surface area contributed by atoms with E-state index in [1.807, 2.05) is 86.7 Å². The van der Waals surface area contributed by atoms with E-state index in [-0.39, 0.29) is 31.4 Å². The average molecular weight is 715 g/mol. The van der Waals surface area contributed by atoms with E-state index in [1.54, 1.807) is 16.9 Å². The number of anilines is 1. The lowest BCUT2D eigenvalue weighted by atomic mass is 9.82. The predicted octanol–water partition coefficient (Wildman–Crippen LogP) is 5.06. The van der Waals surface area contributed by atoms with E-state index in [9.17, 15) is 19.5 Å². The maximum absolute atomic E-state index is 14.6. The van der Waals surface area contributed by atoms with Gasteiger partial charge in [-0.1, -0.05) is 49.4 Å². The van der Waals surface area contributed by atoms with Gasteiger partial charge in [-0.2, -0.15) is 0 Å². The van der Waals surface area contributed by atoms with Crippen LogP contribution in [0, 0.1) is 9.49 Å². The molecular formula is C33H39IN2O6Si. The lowest BCUT2D eigenvalue weighted by molar-refractivity contribution is -0.150. The first-order valence-electron chi connectivity index (χ1n) is 14.6. The van der Waals surface area contributed by atoms with Crippen LogP contribution >= 0.6 is 22.6 Å². The number of amides is 2. The number of benzene rings is 3. The Morgan fingerprint density at radius 1 is 1.09 bits per heavy atom. The Balaban J connectivity index is 1.52. The Hall–Kier alpha value is -2.77. The molecule has 0 aliphatic carbocycles. The lowest BCUT2D eigenvalue weighted by Gasteiger charge is -2.32. The first-order chi connectivity index (χ1) is 20.5. The molecule has 2 aliphatic rings. The number of rotatable bonds is 10. The fourth-order valence-corrected chi connectivity index (χ4v) is 10.0. The number of halogens is 1. The molecule has 228 valence electrons. The minimum Gasteiger partial charge on any atom is -0.497 e. The fourth-order valence-electron chi connectivity index (χ4n) is 6.88. The van der Waals surface area contributed by atoms with Gasteiger partial charge in [0, 0.05) is 33.7 Å². The van der Waals surface area contributed by atoms with Crippen molar-refractivity contribution in [2.24, 2.45) is 5.92 Å². The van der Waals surface area contributed by atoms with Crippen LogP contribution in [0.1, 0.15) is 30.0 Å². The van der Waals surface area contributed by atoms with Gasteiger partial charge in [0.25, 0.3) is 5.91 Å². The van der Waals surface area contributed by atoms with Crippen LogP contribution < -0.4 is 9.64 Å². The van der Waals surface area contributed by atoms with Crippen LogP contribution in [-0.2, 0) is 33.0 Å². The summed E-state index contributed by atoms with van der Waals surface area (Å²) in [5, 5.41) is 9.76. The lowest BCUT2D eigenvalue weighted by Crippen LogP contribution is -2.46. The van der Waals surface area contributed by atoms with Crippen molar-refractivity contribution in [3.05, 3.63) is 93.1 Å². The van der Waals surface area contributed by atoms with Gasteiger partial charge >= 0.3 is 0 Å². The Labute approximate surface area is 267 Å². The van der Waals surface area contributed by atoms with Gasteiger partial charge in [-0.3, -0.25) is 9.59 Å². The number of nitrogens with zero attached hydrogens (tertiary/aromatic N) is 2. The number of aliphatic hydroxyl groups is 1. The zero-order chi connectivity index (χ0) is 30.9. The average Bonchev–Trinajstić information content (AvgIpc) is 3.39. The molecule has 2 heterocycles. The molecule has 3 aromatic rings. The molecule has 0 radical (unpaired) electrons. The Bertz CT molecular complexity index is 1480. The molecule has 3 aromatic carbocycles. The minimum atomic E-state index is -2.96. The topological polar surface area (TPSA) is 99.5 Å². The fraction of sp³-hybridized carbons (Fsp3) is 0.394. The molecule has 8 nitrogen and oxygen atoms in total. The predicted molar refractivity (Wildman–Crippen MR) is 176 cm³/mol. The number of hydrogen-bond acceptors (Lipinski definition) is 6. The van der Waals surface area contributed by atoms with Gasteiger partial charge < -0.3 is 29.2 Å². The monoisotopic (exact) mass is 714 g/mol. The molecule has 1 fully saturated rings. The summed E-state index contributed by atoms with van der Waals surface area (Å²) in [6, 6.07) is 23.3. The standard InChI is InChI=1S/C33H39IN2O6Si/c1-22-31(43(3,4)40)29(19-30(38)35(15-16-37)20-23-9-6-5-7-10-23)42-33(22)27-18-26(41-2)13-14-28(27)36(32(33)39)21-24-11-8-12-25(34)17-24/h5-14,17-18,22,29,31,37,40H,15-16,19-21H2,1-4H3/t22-,29+,31-,33+/m0/s1. The molecular weight excluding hydrogens is 675 g/mol. The molecule has 5 rings (SSSR count). The van der Waals surface area contributed by atoms with E-state index in [0.717, 1.165) is 20.4 Å². The van der Waals surface area contributed by atoms with Crippen LogP contribution in [0.4, 0.5) is 5.69 Å². The van der Waals surface area contributed by atoms with Crippen molar-refractivity contribution in [2.75, 3.05) is 25.2 Å². The van der Waals surface area contributed by atoms with Crippen molar-refractivity contribution < 1.29 is 29.0 Å². The summed E-state index contributed by atoms with van der Waals surface area (Å²) in [6.07, 6.45) is -0.698. The molecule has 0 unspecified atom stereocenters. The van der Waals surface area contributed by atoms with E-state index in [4.69, 9.17) is 9.47 Å². The van der Waals surface area contributed by atoms with Gasteiger partial charge in [0.1, 0.15) is 5.75 Å². The maximum atomic E-state index is 14.6. The van der Waals surface area contributed by atoms with Crippen LogP contribution in [-0.4, -0.2) is 61.3 Å². The first kappa shape index (κ1) is 31.6. The molecule has 10 heteroatoms. The second kappa shape index (κ2) is 12.7. The molecule has 2 amide bonds. The van der Waals surface area contributed by atoms with Crippen LogP contribution in [0.25, 0.3) is 0 Å². The molecule has 0 bridgehead atoms. The van der Waals surface area contributed by atoms with Crippen molar-refractivity contribution in [1.82, 2.24) is 4.90 Å². The summed E-state index contributed by atoms with van der Waals surface area (Å²) in [4.78, 5) is 43.4. The number of carbonyl (C=O) groups excluding carboxylic acids is 2. The number of hydrogen-bond donors (Lipinski definition) is 2. The third-order valence-corrected chi connectivity index (χ3v) is 11.9. The van der Waals surface area contributed by atoms with E-state index < -0.39 is 31.5 Å². The zero-order valence-corrected chi connectivity index (χ0v) is 28.2. The third-order valence-electron chi connectivity index (χ3n) is 8.74. The van der Waals surface area contributed by atoms with Gasteiger partial charge in [0.15, 0.2) is 13.9 Å². The second-order valence-electron chi connectivity index (χ2n) is 12.0.